The van der Waals surface area contributed by atoms with Crippen LogP contribution in [0.15, 0.2) is 24.4 Å². The third-order valence-corrected chi connectivity index (χ3v) is 5.91. The van der Waals surface area contributed by atoms with Gasteiger partial charge in [-0.05, 0) is 50.9 Å². The molecule has 0 bridgehead atoms. The van der Waals surface area contributed by atoms with Gasteiger partial charge in [-0.25, -0.2) is 9.97 Å². The van der Waals surface area contributed by atoms with Crippen molar-refractivity contribution < 1.29 is 0 Å². The van der Waals surface area contributed by atoms with Crippen molar-refractivity contribution in [3.63, 3.8) is 0 Å². The highest BCUT2D eigenvalue weighted by Gasteiger charge is 2.31. The average Bonchev–Trinajstić information content (AvgIpc) is 3.04. The van der Waals surface area contributed by atoms with Gasteiger partial charge in [0.2, 0.25) is 0 Å². The van der Waals surface area contributed by atoms with Crippen molar-refractivity contribution >= 4 is 5.82 Å². The van der Waals surface area contributed by atoms with E-state index >= 15 is 0 Å². The van der Waals surface area contributed by atoms with E-state index in [-0.39, 0.29) is 0 Å². The predicted octanol–water partition coefficient (Wildman–Crippen LogP) is 1.86. The summed E-state index contributed by atoms with van der Waals surface area (Å²) in [5.41, 5.74) is 3.35. The van der Waals surface area contributed by atoms with Gasteiger partial charge in [-0.15, -0.1) is 0 Å². The fraction of sp³-hybridized carbons (Fsp3) is 0.550. The van der Waals surface area contributed by atoms with E-state index in [1.165, 1.54) is 37.9 Å². The smallest absolute Gasteiger partial charge is 0.180 e. The Labute approximate surface area is 154 Å². The third-order valence-electron chi connectivity index (χ3n) is 5.91. The van der Waals surface area contributed by atoms with Gasteiger partial charge in [-0.1, -0.05) is 6.07 Å². The molecule has 26 heavy (non-hydrogen) atoms. The van der Waals surface area contributed by atoms with Crippen LogP contribution in [0, 0.1) is 0 Å². The molecule has 0 amide bonds. The molecular formula is C20H26N6. The van der Waals surface area contributed by atoms with Gasteiger partial charge in [0.1, 0.15) is 11.5 Å². The van der Waals surface area contributed by atoms with E-state index in [4.69, 9.17) is 9.97 Å². The SMILES string of the molecule is c1ccc(-c2nc3c(c(N4CCCN5CCC[C@H]5C4)n2)CCNC3)nc1. The normalized spacial score (nSPS) is 23.4. The van der Waals surface area contributed by atoms with Crippen LogP contribution in [0.2, 0.25) is 0 Å². The molecule has 6 heteroatoms. The molecule has 0 saturated carbocycles. The molecule has 0 radical (unpaired) electrons. The van der Waals surface area contributed by atoms with E-state index in [0.29, 0.717) is 6.04 Å². The van der Waals surface area contributed by atoms with E-state index in [1.54, 1.807) is 0 Å². The van der Waals surface area contributed by atoms with Gasteiger partial charge in [-0.3, -0.25) is 9.88 Å². The highest BCUT2D eigenvalue weighted by molar-refractivity contribution is 5.58. The molecule has 1 N–H and O–H groups in total. The van der Waals surface area contributed by atoms with E-state index in [1.807, 2.05) is 24.4 Å². The fourth-order valence-corrected chi connectivity index (χ4v) is 4.61. The molecule has 2 fully saturated rings. The summed E-state index contributed by atoms with van der Waals surface area (Å²) < 4.78 is 0. The van der Waals surface area contributed by atoms with E-state index in [2.05, 4.69) is 20.1 Å². The van der Waals surface area contributed by atoms with Gasteiger partial charge >= 0.3 is 0 Å². The first-order valence-corrected chi connectivity index (χ1v) is 9.89. The Hall–Kier alpha value is -2.05. The van der Waals surface area contributed by atoms with Gasteiger partial charge in [0, 0.05) is 44.0 Å². The lowest BCUT2D eigenvalue weighted by Gasteiger charge is -2.30. The highest BCUT2D eigenvalue weighted by atomic mass is 15.3. The summed E-state index contributed by atoms with van der Waals surface area (Å²) in [7, 11) is 0. The van der Waals surface area contributed by atoms with Gasteiger partial charge in [0.05, 0.1) is 5.69 Å². The van der Waals surface area contributed by atoms with Crippen molar-refractivity contribution in [2.45, 2.75) is 38.3 Å². The molecule has 3 aliphatic heterocycles. The summed E-state index contributed by atoms with van der Waals surface area (Å²) in [6, 6.07) is 6.63. The third kappa shape index (κ3) is 2.97. The molecule has 1 atom stereocenters. The van der Waals surface area contributed by atoms with E-state index < -0.39 is 0 Å². The van der Waals surface area contributed by atoms with Gasteiger partial charge in [-0.2, -0.15) is 0 Å². The van der Waals surface area contributed by atoms with Crippen LogP contribution in [0.4, 0.5) is 5.82 Å². The fourth-order valence-electron chi connectivity index (χ4n) is 4.61. The van der Waals surface area contributed by atoms with Crippen molar-refractivity contribution in [1.82, 2.24) is 25.2 Å². The molecule has 5 heterocycles. The molecule has 2 aromatic heterocycles. The second-order valence-corrected chi connectivity index (χ2v) is 7.57. The quantitative estimate of drug-likeness (QED) is 0.892. The molecule has 2 saturated heterocycles. The Kier molecular flexibility index (Phi) is 4.30. The molecule has 2 aromatic rings. The molecule has 136 valence electrons. The van der Waals surface area contributed by atoms with Crippen LogP contribution in [0.1, 0.15) is 30.5 Å². The maximum absolute atomic E-state index is 5.04. The van der Waals surface area contributed by atoms with E-state index in [0.717, 1.165) is 55.6 Å². The maximum Gasteiger partial charge on any atom is 0.180 e. The van der Waals surface area contributed by atoms with Gasteiger partial charge < -0.3 is 10.2 Å². The first kappa shape index (κ1) is 16.1. The monoisotopic (exact) mass is 350 g/mol. The first-order chi connectivity index (χ1) is 12.9. The lowest BCUT2D eigenvalue weighted by atomic mass is 10.1. The van der Waals surface area contributed by atoms with Crippen LogP contribution in [0.25, 0.3) is 11.5 Å². The molecule has 0 aromatic carbocycles. The number of hydrogen-bond acceptors (Lipinski definition) is 6. The lowest BCUT2D eigenvalue weighted by molar-refractivity contribution is 0.273. The first-order valence-electron chi connectivity index (χ1n) is 9.89. The molecule has 0 unspecified atom stereocenters. The van der Waals surface area contributed by atoms with Crippen LogP contribution in [0.5, 0.6) is 0 Å². The zero-order chi connectivity index (χ0) is 17.3. The summed E-state index contributed by atoms with van der Waals surface area (Å²) in [6.07, 6.45) is 6.70. The van der Waals surface area contributed by atoms with Crippen LogP contribution >= 0.6 is 0 Å². The topological polar surface area (TPSA) is 57.2 Å². The van der Waals surface area contributed by atoms with Crippen molar-refractivity contribution in [2.75, 3.05) is 37.6 Å². The number of rotatable bonds is 2. The van der Waals surface area contributed by atoms with Crippen molar-refractivity contribution in [1.29, 1.82) is 0 Å². The standard InChI is InChI=1S/C20H26N6/c1-2-8-22-17(6-1)19-23-18-13-21-9-7-16(18)20(24-19)26-12-4-11-25-10-3-5-15(25)14-26/h1-2,6,8,15,21H,3-5,7,9-14H2/t15-/m0/s1. The number of aromatic nitrogens is 3. The Bertz CT molecular complexity index is 777. The molecule has 0 aliphatic carbocycles. The molecule has 0 spiro atoms. The largest absolute Gasteiger partial charge is 0.355 e. The maximum atomic E-state index is 5.04. The van der Waals surface area contributed by atoms with Crippen molar-refractivity contribution in [2.24, 2.45) is 0 Å². The van der Waals surface area contributed by atoms with Gasteiger partial charge in [0.25, 0.3) is 0 Å². The van der Waals surface area contributed by atoms with Crippen LogP contribution in [0.3, 0.4) is 0 Å². The zero-order valence-electron chi connectivity index (χ0n) is 15.2. The van der Waals surface area contributed by atoms with Crippen molar-refractivity contribution in [3.05, 3.63) is 35.7 Å². The minimum atomic E-state index is 0.683. The zero-order valence-corrected chi connectivity index (χ0v) is 15.2. The number of nitrogens with zero attached hydrogens (tertiary/aromatic N) is 5. The summed E-state index contributed by atoms with van der Waals surface area (Å²) in [5, 5.41) is 3.46. The summed E-state index contributed by atoms with van der Waals surface area (Å²) in [5.74, 6) is 1.92. The van der Waals surface area contributed by atoms with Crippen molar-refractivity contribution in [3.8, 4) is 11.5 Å². The summed E-state index contributed by atoms with van der Waals surface area (Å²) in [6.45, 7) is 6.51. The second kappa shape index (κ2) is 6.93. The number of pyridine rings is 1. The van der Waals surface area contributed by atoms with Crippen LogP contribution in [-0.2, 0) is 13.0 Å². The molecule has 6 nitrogen and oxygen atoms in total. The number of fused-ring (bicyclic) bond motifs is 2. The minimum absolute atomic E-state index is 0.683. The Morgan fingerprint density at radius 2 is 2.04 bits per heavy atom. The lowest BCUT2D eigenvalue weighted by Crippen LogP contribution is -2.38. The van der Waals surface area contributed by atoms with Gasteiger partial charge in [0.15, 0.2) is 5.82 Å². The second-order valence-electron chi connectivity index (χ2n) is 7.57. The number of nitrogens with one attached hydrogen (secondary N) is 1. The number of anilines is 1. The molecule has 5 rings (SSSR count). The summed E-state index contributed by atoms with van der Waals surface area (Å²) in [4.78, 5) is 19.6. The highest BCUT2D eigenvalue weighted by Crippen LogP contribution is 2.30. The van der Waals surface area contributed by atoms with Crippen LogP contribution in [-0.4, -0.2) is 58.6 Å². The molecular weight excluding hydrogens is 324 g/mol. The number of hydrogen-bond donors (Lipinski definition) is 1. The predicted molar refractivity (Wildman–Crippen MR) is 102 cm³/mol. The summed E-state index contributed by atoms with van der Waals surface area (Å²) >= 11 is 0. The van der Waals surface area contributed by atoms with Crippen LogP contribution < -0.4 is 10.2 Å². The minimum Gasteiger partial charge on any atom is -0.355 e. The Morgan fingerprint density at radius 1 is 1.08 bits per heavy atom. The Balaban J connectivity index is 1.56. The molecule has 3 aliphatic rings. The average molecular weight is 350 g/mol. The Morgan fingerprint density at radius 3 is 2.96 bits per heavy atom. The van der Waals surface area contributed by atoms with E-state index in [9.17, 15) is 0 Å².